The molecule has 0 aliphatic heterocycles. The molecule has 0 aliphatic rings. The van der Waals surface area contributed by atoms with Crippen molar-refractivity contribution in [3.05, 3.63) is 36.5 Å². The molecule has 0 aromatic heterocycles. The zero-order valence-corrected chi connectivity index (χ0v) is 41.4. The van der Waals surface area contributed by atoms with Gasteiger partial charge in [0.05, 0.1) is 18.8 Å². The Balaban J connectivity index is 3.46. The number of carbonyl (C=O) groups is 1. The number of unbranched alkanes of at least 4 members (excludes halogenated alkanes) is 40. The summed E-state index contributed by atoms with van der Waals surface area (Å²) >= 11 is 0. The van der Waals surface area contributed by atoms with E-state index in [9.17, 15) is 15.0 Å². The third-order valence-electron chi connectivity index (χ3n) is 12.9. The van der Waals surface area contributed by atoms with Crippen LogP contribution in [0.4, 0.5) is 0 Å². The summed E-state index contributed by atoms with van der Waals surface area (Å²) < 4.78 is 0. The van der Waals surface area contributed by atoms with Crippen molar-refractivity contribution in [1.82, 2.24) is 5.32 Å². The van der Waals surface area contributed by atoms with E-state index in [1.54, 1.807) is 6.08 Å². The Hall–Kier alpha value is -1.39. The van der Waals surface area contributed by atoms with E-state index in [1.165, 1.54) is 250 Å². The fourth-order valence-electron chi connectivity index (χ4n) is 8.62. The number of carbonyl (C=O) groups excluding carboxylic acids is 1. The van der Waals surface area contributed by atoms with Gasteiger partial charge in [-0.1, -0.05) is 281 Å². The number of aliphatic hydroxyl groups excluding tert-OH is 2. The fourth-order valence-corrected chi connectivity index (χ4v) is 8.62. The topological polar surface area (TPSA) is 69.6 Å². The monoisotopic (exact) mass is 856 g/mol. The minimum Gasteiger partial charge on any atom is -0.394 e. The lowest BCUT2D eigenvalue weighted by Gasteiger charge is -2.20. The highest BCUT2D eigenvalue weighted by Crippen LogP contribution is 2.17. The van der Waals surface area contributed by atoms with Gasteiger partial charge in [0.15, 0.2) is 0 Å². The maximum Gasteiger partial charge on any atom is 0.220 e. The van der Waals surface area contributed by atoms with Gasteiger partial charge in [0.1, 0.15) is 0 Å². The fraction of sp³-hybridized carbons (Fsp3) is 0.877. The van der Waals surface area contributed by atoms with Crippen LogP contribution in [0.1, 0.15) is 303 Å². The lowest BCUT2D eigenvalue weighted by molar-refractivity contribution is -0.123. The van der Waals surface area contributed by atoms with Crippen molar-refractivity contribution >= 4 is 5.91 Å². The molecule has 4 nitrogen and oxygen atoms in total. The van der Waals surface area contributed by atoms with E-state index in [-0.39, 0.29) is 12.5 Å². The van der Waals surface area contributed by atoms with Crippen LogP contribution in [-0.2, 0) is 4.79 Å². The Labute approximate surface area is 382 Å². The van der Waals surface area contributed by atoms with E-state index in [1.807, 2.05) is 6.08 Å². The second-order valence-corrected chi connectivity index (χ2v) is 19.0. The zero-order valence-electron chi connectivity index (χ0n) is 41.4. The number of aliphatic hydroxyl groups is 2. The quantitative estimate of drug-likeness (QED) is 0.0422. The van der Waals surface area contributed by atoms with Crippen LogP contribution in [0.25, 0.3) is 0 Å². The Bertz CT molecular complexity index is 928. The lowest BCUT2D eigenvalue weighted by atomic mass is 10.0. The minimum absolute atomic E-state index is 0.0690. The highest BCUT2D eigenvalue weighted by atomic mass is 16.3. The summed E-state index contributed by atoms with van der Waals surface area (Å²) in [5, 5.41) is 23.1. The van der Waals surface area contributed by atoms with Gasteiger partial charge in [-0.15, -0.1) is 0 Å². The molecular formula is C57H109NO3. The van der Waals surface area contributed by atoms with Gasteiger partial charge in [-0.25, -0.2) is 0 Å². The van der Waals surface area contributed by atoms with E-state index in [0.717, 1.165) is 32.1 Å². The highest BCUT2D eigenvalue weighted by molar-refractivity contribution is 5.76. The van der Waals surface area contributed by atoms with Gasteiger partial charge in [0.25, 0.3) is 0 Å². The molecule has 0 bridgehead atoms. The molecule has 0 spiro atoms. The Morgan fingerprint density at radius 2 is 0.672 bits per heavy atom. The smallest absolute Gasteiger partial charge is 0.220 e. The summed E-state index contributed by atoms with van der Waals surface area (Å²) in [4.78, 5) is 12.4. The van der Waals surface area contributed by atoms with Crippen molar-refractivity contribution in [3.8, 4) is 0 Å². The van der Waals surface area contributed by atoms with Crippen LogP contribution in [0.2, 0.25) is 0 Å². The first-order valence-electron chi connectivity index (χ1n) is 27.7. The molecule has 4 heteroatoms. The van der Waals surface area contributed by atoms with E-state index in [2.05, 4.69) is 43.5 Å². The minimum atomic E-state index is -0.843. The van der Waals surface area contributed by atoms with Gasteiger partial charge in [0, 0.05) is 6.42 Å². The van der Waals surface area contributed by atoms with Crippen molar-refractivity contribution in [3.63, 3.8) is 0 Å². The van der Waals surface area contributed by atoms with Gasteiger partial charge in [-0.3, -0.25) is 4.79 Å². The number of amides is 1. The van der Waals surface area contributed by atoms with Crippen LogP contribution in [0, 0.1) is 0 Å². The molecule has 2 atom stereocenters. The lowest BCUT2D eigenvalue weighted by Crippen LogP contribution is -2.45. The van der Waals surface area contributed by atoms with Gasteiger partial charge < -0.3 is 15.5 Å². The van der Waals surface area contributed by atoms with Crippen LogP contribution in [-0.4, -0.2) is 34.9 Å². The molecule has 0 aliphatic carbocycles. The molecule has 0 saturated carbocycles. The predicted octanol–water partition coefficient (Wildman–Crippen LogP) is 18.1. The molecule has 0 aromatic rings. The first kappa shape index (κ1) is 59.6. The number of hydrogen-bond acceptors (Lipinski definition) is 3. The summed E-state index contributed by atoms with van der Waals surface area (Å²) in [6, 6.07) is -0.627. The van der Waals surface area contributed by atoms with Crippen molar-refractivity contribution in [2.24, 2.45) is 0 Å². The third kappa shape index (κ3) is 49.5. The molecule has 3 N–H and O–H groups in total. The summed E-state index contributed by atoms with van der Waals surface area (Å²) in [5.41, 5.74) is 0. The second-order valence-electron chi connectivity index (χ2n) is 19.0. The van der Waals surface area contributed by atoms with E-state index in [4.69, 9.17) is 0 Å². The van der Waals surface area contributed by atoms with E-state index < -0.39 is 12.1 Å². The van der Waals surface area contributed by atoms with Crippen LogP contribution >= 0.6 is 0 Å². The zero-order chi connectivity index (χ0) is 44.2. The van der Waals surface area contributed by atoms with Crippen LogP contribution in [0.5, 0.6) is 0 Å². The maximum atomic E-state index is 12.4. The molecular weight excluding hydrogens is 747 g/mol. The van der Waals surface area contributed by atoms with Crippen LogP contribution in [0.3, 0.4) is 0 Å². The van der Waals surface area contributed by atoms with Gasteiger partial charge >= 0.3 is 0 Å². The van der Waals surface area contributed by atoms with Crippen molar-refractivity contribution in [2.45, 2.75) is 315 Å². The standard InChI is InChI=1S/C57H109NO3/c1-3-5-7-9-11-13-15-17-19-21-23-24-25-26-27-28-29-30-31-32-33-34-35-36-38-40-42-44-46-48-50-52-56(60)55(54-59)58-57(61)53-51-49-47-45-43-41-39-37-22-20-18-16-14-12-10-8-6-4-2/h14,16,20,22,50,52,55-56,59-60H,3-13,15,17-19,21,23-49,51,53-54H2,1-2H3,(H,58,61)/b16-14-,22-20-,52-50+. The SMILES string of the molecule is CCCCCC/C=C\C/C=C\CCCCCCCCCC(=O)NC(CO)C(O)/C=C/CCCCCCCCCCCCCCCCCCCCCCCCCCCCCCC. The van der Waals surface area contributed by atoms with Crippen LogP contribution in [0.15, 0.2) is 36.5 Å². The second kappa shape index (κ2) is 53.0. The Morgan fingerprint density at radius 3 is 1.00 bits per heavy atom. The largest absolute Gasteiger partial charge is 0.394 e. The average Bonchev–Trinajstić information content (AvgIpc) is 3.26. The average molecular weight is 857 g/mol. The summed E-state index contributed by atoms with van der Waals surface area (Å²) in [7, 11) is 0. The third-order valence-corrected chi connectivity index (χ3v) is 12.9. The van der Waals surface area contributed by atoms with E-state index in [0.29, 0.717) is 6.42 Å². The first-order chi connectivity index (χ1) is 30.2. The molecule has 360 valence electrons. The molecule has 2 unspecified atom stereocenters. The molecule has 0 radical (unpaired) electrons. The first-order valence-corrected chi connectivity index (χ1v) is 27.7. The van der Waals surface area contributed by atoms with E-state index >= 15 is 0 Å². The summed E-state index contributed by atoms with van der Waals surface area (Å²) in [6.45, 7) is 4.31. The van der Waals surface area contributed by atoms with Gasteiger partial charge in [0.2, 0.25) is 5.91 Å². The highest BCUT2D eigenvalue weighted by Gasteiger charge is 2.18. The number of nitrogens with one attached hydrogen (secondary N) is 1. The normalized spacial score (nSPS) is 13.0. The summed E-state index contributed by atoms with van der Waals surface area (Å²) in [5.74, 6) is -0.0690. The number of rotatable bonds is 51. The molecule has 61 heavy (non-hydrogen) atoms. The number of hydrogen-bond donors (Lipinski definition) is 3. The Kier molecular flexibility index (Phi) is 51.7. The van der Waals surface area contributed by atoms with Gasteiger partial charge in [-0.05, 0) is 51.4 Å². The molecule has 1 amide bonds. The molecule has 0 saturated heterocycles. The predicted molar refractivity (Wildman–Crippen MR) is 272 cm³/mol. The number of allylic oxidation sites excluding steroid dienone is 5. The Morgan fingerprint density at radius 1 is 0.393 bits per heavy atom. The molecule has 0 heterocycles. The molecule has 0 rings (SSSR count). The maximum absolute atomic E-state index is 12.4. The van der Waals surface area contributed by atoms with Crippen molar-refractivity contribution in [2.75, 3.05) is 6.61 Å². The van der Waals surface area contributed by atoms with Crippen molar-refractivity contribution in [1.29, 1.82) is 0 Å². The van der Waals surface area contributed by atoms with Crippen LogP contribution < -0.4 is 5.32 Å². The molecule has 0 aromatic carbocycles. The summed E-state index contributed by atoms with van der Waals surface area (Å²) in [6.07, 6.45) is 71.6. The van der Waals surface area contributed by atoms with Crippen molar-refractivity contribution < 1.29 is 15.0 Å². The van der Waals surface area contributed by atoms with Gasteiger partial charge in [-0.2, -0.15) is 0 Å². The molecule has 0 fully saturated rings.